The zero-order chi connectivity index (χ0) is 11.6. The van der Waals surface area contributed by atoms with E-state index in [1.54, 1.807) is 13.8 Å². The van der Waals surface area contributed by atoms with Crippen molar-refractivity contribution >= 4 is 0 Å². The molecule has 5 unspecified atom stereocenters. The van der Waals surface area contributed by atoms with E-state index in [1.165, 1.54) is 0 Å². The van der Waals surface area contributed by atoms with Gasteiger partial charge in [0.2, 0.25) is 0 Å². The lowest BCUT2D eigenvalue weighted by Crippen LogP contribution is -2.59. The summed E-state index contributed by atoms with van der Waals surface area (Å²) in [6.45, 7) is 3.05. The van der Waals surface area contributed by atoms with Gasteiger partial charge in [-0.1, -0.05) is 0 Å². The molecule has 6 nitrogen and oxygen atoms in total. The van der Waals surface area contributed by atoms with E-state index in [2.05, 4.69) is 0 Å². The lowest BCUT2D eigenvalue weighted by Gasteiger charge is -2.40. The van der Waals surface area contributed by atoms with Crippen LogP contribution in [0.25, 0.3) is 0 Å². The maximum absolute atomic E-state index is 9.68. The summed E-state index contributed by atoms with van der Waals surface area (Å²) in [5, 5.41) is 37.4. The Morgan fingerprint density at radius 2 is 1.80 bits per heavy atom. The summed E-state index contributed by atoms with van der Waals surface area (Å²) in [6, 6.07) is 0. The van der Waals surface area contributed by atoms with Gasteiger partial charge in [0, 0.05) is 0 Å². The molecule has 0 aliphatic carbocycles. The summed E-state index contributed by atoms with van der Waals surface area (Å²) in [5.41, 5.74) is 0. The molecule has 1 saturated heterocycles. The lowest BCUT2D eigenvalue weighted by molar-refractivity contribution is -0.298. The van der Waals surface area contributed by atoms with Gasteiger partial charge in [-0.05, 0) is 13.8 Å². The Bertz CT molecular complexity index is 197. The van der Waals surface area contributed by atoms with E-state index < -0.39 is 37.3 Å². The molecule has 6 heteroatoms. The minimum Gasteiger partial charge on any atom is -0.394 e. The molecule has 0 aromatic heterocycles. The molecule has 1 heterocycles. The fourth-order valence-corrected chi connectivity index (χ4v) is 1.54. The van der Waals surface area contributed by atoms with Crippen LogP contribution in [0.5, 0.6) is 0 Å². The first-order chi connectivity index (χ1) is 6.97. The molecule has 0 aromatic rings. The van der Waals surface area contributed by atoms with Crippen molar-refractivity contribution in [2.45, 2.75) is 50.7 Å². The maximum Gasteiger partial charge on any atom is 0.184 e. The van der Waals surface area contributed by atoms with Crippen molar-refractivity contribution in [3.05, 3.63) is 0 Å². The first-order valence-electron chi connectivity index (χ1n) is 4.93. The van der Waals surface area contributed by atoms with Crippen LogP contribution >= 0.6 is 0 Å². The lowest BCUT2D eigenvalue weighted by atomic mass is 9.99. The molecule has 0 bridgehead atoms. The van der Waals surface area contributed by atoms with E-state index in [0.717, 1.165) is 0 Å². The Kier molecular flexibility index (Phi) is 4.45. The number of aliphatic hydroxyl groups is 4. The molecule has 0 radical (unpaired) electrons. The summed E-state index contributed by atoms with van der Waals surface area (Å²) >= 11 is 0. The Hall–Kier alpha value is -0.240. The van der Waals surface area contributed by atoms with Gasteiger partial charge in [-0.15, -0.1) is 0 Å². The first kappa shape index (κ1) is 12.8. The second kappa shape index (κ2) is 5.20. The molecule has 1 rings (SSSR count). The van der Waals surface area contributed by atoms with Gasteiger partial charge in [0.05, 0.1) is 12.7 Å². The average molecular weight is 222 g/mol. The van der Waals surface area contributed by atoms with Crippen molar-refractivity contribution in [1.82, 2.24) is 0 Å². The van der Waals surface area contributed by atoms with Crippen molar-refractivity contribution in [3.8, 4) is 0 Å². The van der Waals surface area contributed by atoms with Gasteiger partial charge in [0.1, 0.15) is 24.4 Å². The van der Waals surface area contributed by atoms with Crippen molar-refractivity contribution < 1.29 is 29.9 Å². The molecule has 0 amide bonds. The zero-order valence-electron chi connectivity index (χ0n) is 8.78. The van der Waals surface area contributed by atoms with E-state index in [0.29, 0.717) is 0 Å². The van der Waals surface area contributed by atoms with Gasteiger partial charge in [0.25, 0.3) is 0 Å². The van der Waals surface area contributed by atoms with Crippen LogP contribution in [0.1, 0.15) is 13.8 Å². The average Bonchev–Trinajstić information content (AvgIpc) is 2.18. The van der Waals surface area contributed by atoms with E-state index in [4.69, 9.17) is 14.6 Å². The van der Waals surface area contributed by atoms with E-state index in [1.807, 2.05) is 0 Å². The Morgan fingerprint density at radius 3 is 2.27 bits per heavy atom. The number of hydrogen-bond donors (Lipinski definition) is 4. The number of rotatable bonds is 3. The smallest absolute Gasteiger partial charge is 0.184 e. The minimum absolute atomic E-state index is 0.205. The van der Waals surface area contributed by atoms with Crippen LogP contribution in [0.15, 0.2) is 0 Å². The highest BCUT2D eigenvalue weighted by Gasteiger charge is 2.44. The molecule has 5 atom stereocenters. The fourth-order valence-electron chi connectivity index (χ4n) is 1.54. The predicted molar refractivity (Wildman–Crippen MR) is 50.0 cm³/mol. The molecule has 0 saturated carbocycles. The van der Waals surface area contributed by atoms with Crippen LogP contribution in [-0.2, 0) is 9.47 Å². The second-order valence-corrected chi connectivity index (χ2v) is 3.88. The maximum atomic E-state index is 9.68. The van der Waals surface area contributed by atoms with Crippen molar-refractivity contribution in [2.75, 3.05) is 6.61 Å². The molecule has 1 aliphatic heterocycles. The third kappa shape index (κ3) is 2.87. The van der Waals surface area contributed by atoms with E-state index in [9.17, 15) is 15.3 Å². The molecule has 4 N–H and O–H groups in total. The standard InChI is InChI=1S/C9H18O6/c1-4(2)14-8-6(11)5(3-10)15-9(13)7(8)12/h4-13H,3H2,1-2H3. The first-order valence-corrected chi connectivity index (χ1v) is 4.93. The van der Waals surface area contributed by atoms with Crippen LogP contribution in [0.3, 0.4) is 0 Å². The number of hydrogen-bond acceptors (Lipinski definition) is 6. The highest BCUT2D eigenvalue weighted by Crippen LogP contribution is 2.23. The molecular weight excluding hydrogens is 204 g/mol. The molecule has 1 fully saturated rings. The van der Waals surface area contributed by atoms with Crippen LogP contribution in [0.4, 0.5) is 0 Å². The fraction of sp³-hybridized carbons (Fsp3) is 1.00. The van der Waals surface area contributed by atoms with E-state index in [-0.39, 0.29) is 6.10 Å². The Labute approximate surface area is 88.1 Å². The number of aliphatic hydroxyl groups excluding tert-OH is 4. The summed E-state index contributed by atoms with van der Waals surface area (Å²) in [7, 11) is 0. The molecule has 1 aliphatic rings. The van der Waals surface area contributed by atoms with Gasteiger partial charge < -0.3 is 29.9 Å². The van der Waals surface area contributed by atoms with Crippen LogP contribution in [-0.4, -0.2) is 63.8 Å². The largest absolute Gasteiger partial charge is 0.394 e. The van der Waals surface area contributed by atoms with Gasteiger partial charge in [-0.3, -0.25) is 0 Å². The van der Waals surface area contributed by atoms with Crippen LogP contribution in [0.2, 0.25) is 0 Å². The number of ether oxygens (including phenoxy) is 2. The normalized spacial score (nSPS) is 42.2. The summed E-state index contributed by atoms with van der Waals surface area (Å²) < 4.78 is 10.1. The van der Waals surface area contributed by atoms with Crippen molar-refractivity contribution in [2.24, 2.45) is 0 Å². The molecular formula is C9H18O6. The van der Waals surface area contributed by atoms with Crippen molar-refractivity contribution in [3.63, 3.8) is 0 Å². The van der Waals surface area contributed by atoms with Crippen molar-refractivity contribution in [1.29, 1.82) is 0 Å². The van der Waals surface area contributed by atoms with E-state index >= 15 is 0 Å². The molecule has 90 valence electrons. The van der Waals surface area contributed by atoms with Gasteiger partial charge in [-0.25, -0.2) is 0 Å². The zero-order valence-corrected chi connectivity index (χ0v) is 8.78. The monoisotopic (exact) mass is 222 g/mol. The molecule has 15 heavy (non-hydrogen) atoms. The second-order valence-electron chi connectivity index (χ2n) is 3.88. The minimum atomic E-state index is -1.45. The summed E-state index contributed by atoms with van der Waals surface area (Å²) in [6.07, 6.45) is -6.02. The topological polar surface area (TPSA) is 99.4 Å². The van der Waals surface area contributed by atoms with Crippen LogP contribution in [0, 0.1) is 0 Å². The van der Waals surface area contributed by atoms with Gasteiger partial charge >= 0.3 is 0 Å². The molecule has 0 aromatic carbocycles. The Balaban J connectivity index is 2.70. The third-order valence-corrected chi connectivity index (χ3v) is 2.27. The molecule has 0 spiro atoms. The summed E-state index contributed by atoms with van der Waals surface area (Å²) in [5.74, 6) is 0. The van der Waals surface area contributed by atoms with Gasteiger partial charge in [-0.2, -0.15) is 0 Å². The SMILES string of the molecule is CC(C)OC1C(O)C(O)OC(CO)C1O. The highest BCUT2D eigenvalue weighted by molar-refractivity contribution is 4.89. The highest BCUT2D eigenvalue weighted by atomic mass is 16.6. The predicted octanol–water partition coefficient (Wildman–Crippen LogP) is -1.79. The quantitative estimate of drug-likeness (QED) is 0.450. The Morgan fingerprint density at radius 1 is 1.20 bits per heavy atom. The summed E-state index contributed by atoms with van der Waals surface area (Å²) in [4.78, 5) is 0. The third-order valence-electron chi connectivity index (χ3n) is 2.27. The van der Waals surface area contributed by atoms with Crippen LogP contribution < -0.4 is 0 Å². The van der Waals surface area contributed by atoms with Gasteiger partial charge in [0.15, 0.2) is 6.29 Å².